The van der Waals surface area contributed by atoms with Crippen molar-refractivity contribution in [2.75, 3.05) is 13.7 Å². The Morgan fingerprint density at radius 3 is 2.77 bits per heavy atom. The normalized spacial score (nSPS) is 10.9. The third kappa shape index (κ3) is 3.93. The van der Waals surface area contributed by atoms with Crippen LogP contribution in [0.1, 0.15) is 15.9 Å². The van der Waals surface area contributed by atoms with Crippen molar-refractivity contribution in [3.05, 3.63) is 59.8 Å². The number of amides is 1. The number of rotatable bonds is 7. The Morgan fingerprint density at radius 2 is 2.00 bits per heavy atom. The summed E-state index contributed by atoms with van der Waals surface area (Å²) in [5, 5.41) is 3.94. The van der Waals surface area contributed by atoms with Crippen LogP contribution in [0.4, 0.5) is 8.78 Å². The van der Waals surface area contributed by atoms with Crippen LogP contribution < -0.4 is 14.8 Å². The minimum absolute atomic E-state index is 0.0783. The average Bonchev–Trinajstić information content (AvgIpc) is 3.05. The highest BCUT2D eigenvalue weighted by Gasteiger charge is 2.14. The molecule has 136 valence electrons. The van der Waals surface area contributed by atoms with Crippen molar-refractivity contribution in [1.29, 1.82) is 0 Å². The zero-order chi connectivity index (χ0) is 18.5. The van der Waals surface area contributed by atoms with E-state index < -0.39 is 6.61 Å². The lowest BCUT2D eigenvalue weighted by atomic mass is 10.1. The zero-order valence-corrected chi connectivity index (χ0v) is 14.1. The molecule has 7 heteroatoms. The van der Waals surface area contributed by atoms with Gasteiger partial charge in [-0.05, 0) is 36.2 Å². The summed E-state index contributed by atoms with van der Waals surface area (Å²) >= 11 is 0. The Hall–Kier alpha value is -3.09. The largest absolute Gasteiger partial charge is 0.493 e. The van der Waals surface area contributed by atoms with Crippen molar-refractivity contribution in [2.45, 2.75) is 13.0 Å². The monoisotopic (exact) mass is 360 g/mol. The zero-order valence-electron chi connectivity index (χ0n) is 14.1. The third-order valence-corrected chi connectivity index (χ3v) is 4.00. The molecule has 0 atom stereocenters. The van der Waals surface area contributed by atoms with Gasteiger partial charge in [-0.1, -0.05) is 18.2 Å². The molecule has 0 unspecified atom stereocenters. The number of carbonyl (C=O) groups excluding carboxylic acids is 1. The minimum Gasteiger partial charge on any atom is -0.493 e. The molecule has 1 aromatic heterocycles. The maximum atomic E-state index is 12.3. The maximum Gasteiger partial charge on any atom is 0.387 e. The number of halogens is 2. The smallest absolute Gasteiger partial charge is 0.387 e. The van der Waals surface area contributed by atoms with Gasteiger partial charge < -0.3 is 19.8 Å². The van der Waals surface area contributed by atoms with Crippen LogP contribution in [-0.4, -0.2) is 31.2 Å². The molecule has 2 N–H and O–H groups in total. The fourth-order valence-corrected chi connectivity index (χ4v) is 2.75. The second-order valence-electron chi connectivity index (χ2n) is 5.61. The molecule has 1 amide bonds. The number of hydrogen-bond donors (Lipinski definition) is 2. The van der Waals surface area contributed by atoms with Gasteiger partial charge in [-0.3, -0.25) is 4.79 Å². The summed E-state index contributed by atoms with van der Waals surface area (Å²) in [6, 6.07) is 12.0. The van der Waals surface area contributed by atoms with E-state index in [4.69, 9.17) is 4.74 Å². The van der Waals surface area contributed by atoms with E-state index in [-0.39, 0.29) is 17.4 Å². The molecule has 2 aromatic carbocycles. The summed E-state index contributed by atoms with van der Waals surface area (Å²) in [6.07, 6.45) is 2.59. The Morgan fingerprint density at radius 1 is 1.19 bits per heavy atom. The number of aromatic nitrogens is 1. The van der Waals surface area contributed by atoms with Crippen molar-refractivity contribution < 1.29 is 23.0 Å². The van der Waals surface area contributed by atoms with Crippen molar-refractivity contribution in [1.82, 2.24) is 10.3 Å². The predicted molar refractivity (Wildman–Crippen MR) is 94.0 cm³/mol. The van der Waals surface area contributed by atoms with Crippen LogP contribution in [0.25, 0.3) is 10.9 Å². The summed E-state index contributed by atoms with van der Waals surface area (Å²) in [5.74, 6) is -0.348. The lowest BCUT2D eigenvalue weighted by Crippen LogP contribution is -2.25. The molecule has 0 spiro atoms. The van der Waals surface area contributed by atoms with Crippen molar-refractivity contribution in [3.63, 3.8) is 0 Å². The van der Waals surface area contributed by atoms with E-state index in [1.54, 1.807) is 0 Å². The number of fused-ring (bicyclic) bond motifs is 1. The number of carbonyl (C=O) groups is 1. The van der Waals surface area contributed by atoms with Crippen LogP contribution in [0.5, 0.6) is 11.5 Å². The van der Waals surface area contributed by atoms with E-state index in [1.807, 2.05) is 30.5 Å². The van der Waals surface area contributed by atoms with Gasteiger partial charge >= 0.3 is 6.61 Å². The highest BCUT2D eigenvalue weighted by Crippen LogP contribution is 2.29. The summed E-state index contributed by atoms with van der Waals surface area (Å²) in [7, 11) is 1.33. The molecule has 1 heterocycles. The molecular formula is C19H18F2N2O3. The molecule has 0 radical (unpaired) electrons. The molecule has 0 saturated heterocycles. The van der Waals surface area contributed by atoms with Crippen molar-refractivity contribution in [3.8, 4) is 11.5 Å². The van der Waals surface area contributed by atoms with Gasteiger partial charge in [0.15, 0.2) is 11.5 Å². The maximum absolute atomic E-state index is 12.3. The van der Waals surface area contributed by atoms with Gasteiger partial charge in [0.25, 0.3) is 5.91 Å². The van der Waals surface area contributed by atoms with Gasteiger partial charge in [-0.15, -0.1) is 0 Å². The van der Waals surface area contributed by atoms with Crippen molar-refractivity contribution >= 4 is 16.8 Å². The first-order valence-corrected chi connectivity index (χ1v) is 8.04. The highest BCUT2D eigenvalue weighted by atomic mass is 19.3. The van der Waals surface area contributed by atoms with E-state index in [0.29, 0.717) is 18.5 Å². The van der Waals surface area contributed by atoms with Crippen LogP contribution in [0, 0.1) is 0 Å². The van der Waals surface area contributed by atoms with Crippen LogP contribution in [0.2, 0.25) is 0 Å². The number of benzene rings is 2. The SMILES string of the molecule is COc1cc(C(=O)NCCc2c[nH]c3ccccc23)ccc1OC(F)F. The van der Waals surface area contributed by atoms with Crippen LogP contribution >= 0.6 is 0 Å². The van der Waals surface area contributed by atoms with E-state index in [2.05, 4.69) is 15.0 Å². The standard InChI is InChI=1S/C19H18F2N2O3/c1-25-17-10-12(6-7-16(17)26-19(20)21)18(24)22-9-8-13-11-23-15-5-3-2-4-14(13)15/h2-7,10-11,19,23H,8-9H2,1H3,(H,22,24). The number of para-hydroxylation sites is 1. The van der Waals surface area contributed by atoms with E-state index in [9.17, 15) is 13.6 Å². The Kier molecular flexibility index (Phi) is 5.36. The number of ether oxygens (including phenoxy) is 2. The van der Waals surface area contributed by atoms with Gasteiger partial charge in [0, 0.05) is 29.2 Å². The van der Waals surface area contributed by atoms with Gasteiger partial charge in [0.2, 0.25) is 0 Å². The van der Waals surface area contributed by atoms with Crippen LogP contribution in [0.15, 0.2) is 48.7 Å². The third-order valence-electron chi connectivity index (χ3n) is 4.00. The lowest BCUT2D eigenvalue weighted by Gasteiger charge is -2.11. The first kappa shape index (κ1) is 17.7. The summed E-state index contributed by atoms with van der Waals surface area (Å²) in [6.45, 7) is -2.52. The summed E-state index contributed by atoms with van der Waals surface area (Å²) in [4.78, 5) is 15.5. The van der Waals surface area contributed by atoms with Crippen molar-refractivity contribution in [2.24, 2.45) is 0 Å². The molecule has 0 bridgehead atoms. The number of nitrogens with one attached hydrogen (secondary N) is 2. The van der Waals surface area contributed by atoms with Gasteiger partial charge in [0.05, 0.1) is 7.11 Å². The second-order valence-corrected chi connectivity index (χ2v) is 5.61. The van der Waals surface area contributed by atoms with Gasteiger partial charge in [-0.25, -0.2) is 0 Å². The summed E-state index contributed by atoms with van der Waals surface area (Å²) in [5.41, 5.74) is 2.47. The fourth-order valence-electron chi connectivity index (χ4n) is 2.75. The molecule has 0 aliphatic carbocycles. The molecule has 0 aliphatic heterocycles. The first-order valence-electron chi connectivity index (χ1n) is 8.04. The molecule has 0 fully saturated rings. The number of methoxy groups -OCH3 is 1. The molecular weight excluding hydrogens is 342 g/mol. The van der Waals surface area contributed by atoms with Gasteiger partial charge in [0.1, 0.15) is 0 Å². The molecule has 3 aromatic rings. The summed E-state index contributed by atoms with van der Waals surface area (Å²) < 4.78 is 34.1. The number of H-pyrrole nitrogens is 1. The molecule has 5 nitrogen and oxygen atoms in total. The van der Waals surface area contributed by atoms with Crippen LogP contribution in [-0.2, 0) is 6.42 Å². The number of alkyl halides is 2. The number of hydrogen-bond acceptors (Lipinski definition) is 3. The highest BCUT2D eigenvalue weighted by molar-refractivity contribution is 5.95. The van der Waals surface area contributed by atoms with Crippen LogP contribution in [0.3, 0.4) is 0 Å². The molecule has 0 aliphatic rings. The second kappa shape index (κ2) is 7.86. The fraction of sp³-hybridized carbons (Fsp3) is 0.211. The Balaban J connectivity index is 1.63. The average molecular weight is 360 g/mol. The quantitative estimate of drug-likeness (QED) is 0.674. The number of aromatic amines is 1. The predicted octanol–water partition coefficient (Wildman–Crippen LogP) is 3.75. The van der Waals surface area contributed by atoms with E-state index in [1.165, 1.54) is 25.3 Å². The molecule has 26 heavy (non-hydrogen) atoms. The minimum atomic E-state index is -2.96. The molecule has 0 saturated carbocycles. The Labute approximate surface area is 148 Å². The molecule has 3 rings (SSSR count). The first-order chi connectivity index (χ1) is 12.6. The lowest BCUT2D eigenvalue weighted by molar-refractivity contribution is -0.0512. The Bertz CT molecular complexity index is 909. The van der Waals surface area contributed by atoms with Gasteiger partial charge in [-0.2, -0.15) is 8.78 Å². The van der Waals surface area contributed by atoms with E-state index >= 15 is 0 Å². The van der Waals surface area contributed by atoms with E-state index in [0.717, 1.165) is 16.5 Å². The topological polar surface area (TPSA) is 63.3 Å².